The van der Waals surface area contributed by atoms with Gasteiger partial charge in [0.15, 0.2) is 0 Å². The molecule has 1 rings (SSSR count). The molecule has 17 heavy (non-hydrogen) atoms. The Kier molecular flexibility index (Phi) is 4.50. The van der Waals surface area contributed by atoms with Crippen LogP contribution in [0.2, 0.25) is 5.02 Å². The van der Waals surface area contributed by atoms with E-state index in [0.29, 0.717) is 0 Å². The van der Waals surface area contributed by atoms with Crippen molar-refractivity contribution < 1.29 is 8.42 Å². The standard InChI is InChI=1S/C10H13ClN2O3S/c1-7(2)3-4-13-17(15,16)8-5-9(11)10(14)12-6-8/h3,5-6,13H,4H2,1-2H3,(H,12,14). The van der Waals surface area contributed by atoms with Crippen molar-refractivity contribution in [2.45, 2.75) is 18.7 Å². The summed E-state index contributed by atoms with van der Waals surface area (Å²) in [6.45, 7) is 3.93. The number of halogens is 1. The minimum absolute atomic E-state index is 0.0655. The van der Waals surface area contributed by atoms with Gasteiger partial charge in [0, 0.05) is 12.7 Å². The Hall–Kier alpha value is -1.11. The van der Waals surface area contributed by atoms with Crippen LogP contribution in [-0.4, -0.2) is 19.9 Å². The molecular weight excluding hydrogens is 264 g/mol. The molecule has 5 nitrogen and oxygen atoms in total. The van der Waals surface area contributed by atoms with Crippen molar-refractivity contribution in [3.05, 3.63) is 39.3 Å². The fourth-order valence-corrected chi connectivity index (χ4v) is 2.23. The molecular formula is C10H13ClN2O3S. The second-order valence-electron chi connectivity index (χ2n) is 3.65. The van der Waals surface area contributed by atoms with Gasteiger partial charge in [0.1, 0.15) is 5.02 Å². The number of aromatic amines is 1. The minimum atomic E-state index is -3.64. The van der Waals surface area contributed by atoms with E-state index in [1.165, 1.54) is 0 Å². The Bertz CT molecular complexity index is 586. The van der Waals surface area contributed by atoms with Gasteiger partial charge in [0.25, 0.3) is 5.56 Å². The highest BCUT2D eigenvalue weighted by Gasteiger charge is 2.14. The predicted octanol–water partition coefficient (Wildman–Crippen LogP) is 1.27. The number of hydrogen-bond acceptors (Lipinski definition) is 3. The van der Waals surface area contributed by atoms with Crippen LogP contribution in [0.1, 0.15) is 13.8 Å². The van der Waals surface area contributed by atoms with Crippen LogP contribution >= 0.6 is 11.6 Å². The third-order valence-corrected chi connectivity index (χ3v) is 3.61. The van der Waals surface area contributed by atoms with Gasteiger partial charge in [-0.1, -0.05) is 23.3 Å². The van der Waals surface area contributed by atoms with Crippen LogP contribution < -0.4 is 10.3 Å². The van der Waals surface area contributed by atoms with Crippen molar-refractivity contribution in [1.29, 1.82) is 0 Å². The molecule has 7 heteroatoms. The molecule has 1 heterocycles. The lowest BCUT2D eigenvalue weighted by atomic mass is 10.3. The maximum atomic E-state index is 11.8. The number of hydrogen-bond donors (Lipinski definition) is 2. The molecule has 0 aliphatic carbocycles. The van der Waals surface area contributed by atoms with E-state index >= 15 is 0 Å². The molecule has 0 fully saturated rings. The normalized spacial score (nSPS) is 11.2. The van der Waals surface area contributed by atoms with Crippen molar-refractivity contribution in [1.82, 2.24) is 9.71 Å². The van der Waals surface area contributed by atoms with Crippen molar-refractivity contribution in [3.8, 4) is 0 Å². The van der Waals surface area contributed by atoms with Crippen LogP contribution in [0.4, 0.5) is 0 Å². The third-order valence-electron chi connectivity index (χ3n) is 1.93. The van der Waals surface area contributed by atoms with E-state index in [2.05, 4.69) is 9.71 Å². The lowest BCUT2D eigenvalue weighted by Crippen LogP contribution is -2.25. The monoisotopic (exact) mass is 276 g/mol. The molecule has 2 N–H and O–H groups in total. The van der Waals surface area contributed by atoms with E-state index in [-0.39, 0.29) is 16.5 Å². The Morgan fingerprint density at radius 3 is 2.71 bits per heavy atom. The van der Waals surface area contributed by atoms with Crippen LogP contribution in [0, 0.1) is 0 Å². The van der Waals surface area contributed by atoms with Gasteiger partial charge >= 0.3 is 0 Å². The largest absolute Gasteiger partial charge is 0.326 e. The number of sulfonamides is 1. The molecule has 0 unspecified atom stereocenters. The van der Waals surface area contributed by atoms with E-state index < -0.39 is 15.6 Å². The Balaban J connectivity index is 2.94. The number of H-pyrrole nitrogens is 1. The predicted molar refractivity (Wildman–Crippen MR) is 66.7 cm³/mol. The van der Waals surface area contributed by atoms with Gasteiger partial charge in [-0.2, -0.15) is 0 Å². The SMILES string of the molecule is CC(C)=CCNS(=O)(=O)c1c[nH]c(=O)c(Cl)c1. The molecule has 0 aromatic carbocycles. The smallest absolute Gasteiger partial charge is 0.266 e. The van der Waals surface area contributed by atoms with Crippen molar-refractivity contribution in [2.75, 3.05) is 6.54 Å². The summed E-state index contributed by atoms with van der Waals surface area (Å²) in [6.07, 6.45) is 2.85. The number of allylic oxidation sites excluding steroid dienone is 1. The first-order chi connectivity index (χ1) is 7.83. The summed E-state index contributed by atoms with van der Waals surface area (Å²) < 4.78 is 25.9. The van der Waals surface area contributed by atoms with Crippen molar-refractivity contribution in [3.63, 3.8) is 0 Å². The summed E-state index contributed by atoms with van der Waals surface area (Å²) in [5, 5.41) is -0.157. The lowest BCUT2D eigenvalue weighted by molar-refractivity contribution is 0.585. The molecule has 1 aromatic rings. The van der Waals surface area contributed by atoms with Gasteiger partial charge in [-0.15, -0.1) is 0 Å². The summed E-state index contributed by atoms with van der Waals surface area (Å²) in [6, 6.07) is 1.12. The highest BCUT2D eigenvalue weighted by atomic mass is 35.5. The fraction of sp³-hybridized carbons (Fsp3) is 0.300. The maximum Gasteiger partial charge on any atom is 0.266 e. The number of pyridine rings is 1. The zero-order valence-electron chi connectivity index (χ0n) is 9.45. The van der Waals surface area contributed by atoms with Gasteiger partial charge in [0.05, 0.1) is 4.90 Å². The molecule has 0 saturated heterocycles. The van der Waals surface area contributed by atoms with Crippen LogP contribution in [0.5, 0.6) is 0 Å². The van der Waals surface area contributed by atoms with E-state index in [4.69, 9.17) is 11.6 Å². The second-order valence-corrected chi connectivity index (χ2v) is 5.82. The van der Waals surface area contributed by atoms with Crippen LogP contribution in [0.15, 0.2) is 33.6 Å². The first-order valence-electron chi connectivity index (χ1n) is 4.84. The summed E-state index contributed by atoms with van der Waals surface area (Å²) in [4.78, 5) is 13.2. The number of rotatable bonds is 4. The molecule has 1 aromatic heterocycles. The summed E-state index contributed by atoms with van der Waals surface area (Å²) in [7, 11) is -3.64. The molecule has 0 atom stereocenters. The molecule has 0 radical (unpaired) electrons. The van der Waals surface area contributed by atoms with Gasteiger partial charge in [-0.25, -0.2) is 13.1 Å². The van der Waals surface area contributed by atoms with Gasteiger partial charge in [0.2, 0.25) is 10.0 Å². The van der Waals surface area contributed by atoms with Gasteiger partial charge < -0.3 is 4.98 Å². The van der Waals surface area contributed by atoms with Gasteiger partial charge in [-0.05, 0) is 19.9 Å². The minimum Gasteiger partial charge on any atom is -0.326 e. The third kappa shape index (κ3) is 3.99. The molecule has 0 amide bonds. The van der Waals surface area contributed by atoms with Crippen molar-refractivity contribution in [2.24, 2.45) is 0 Å². The highest BCUT2D eigenvalue weighted by Crippen LogP contribution is 2.09. The number of nitrogens with one attached hydrogen (secondary N) is 2. The summed E-state index contributed by atoms with van der Waals surface area (Å²) in [5.41, 5.74) is 0.488. The molecule has 94 valence electrons. The first-order valence-corrected chi connectivity index (χ1v) is 6.70. The Morgan fingerprint density at radius 2 is 2.18 bits per heavy atom. The van der Waals surface area contributed by atoms with E-state index in [1.54, 1.807) is 6.08 Å². The summed E-state index contributed by atoms with van der Waals surface area (Å²) in [5.74, 6) is 0. The zero-order chi connectivity index (χ0) is 13.1. The first kappa shape index (κ1) is 14.0. The molecule has 0 aliphatic rings. The molecule has 0 bridgehead atoms. The van der Waals surface area contributed by atoms with E-state index in [9.17, 15) is 13.2 Å². The average Bonchev–Trinajstić information content (AvgIpc) is 2.21. The fourth-order valence-electron chi connectivity index (χ4n) is 1.03. The van der Waals surface area contributed by atoms with E-state index in [1.807, 2.05) is 13.8 Å². The topological polar surface area (TPSA) is 79.0 Å². The Labute approximate surface area is 105 Å². The van der Waals surface area contributed by atoms with Crippen LogP contribution in [-0.2, 0) is 10.0 Å². The molecule has 0 spiro atoms. The second kappa shape index (κ2) is 5.48. The average molecular weight is 277 g/mol. The summed E-state index contributed by atoms with van der Waals surface area (Å²) >= 11 is 5.56. The zero-order valence-corrected chi connectivity index (χ0v) is 11.0. The van der Waals surface area contributed by atoms with E-state index in [0.717, 1.165) is 17.8 Å². The van der Waals surface area contributed by atoms with Crippen LogP contribution in [0.3, 0.4) is 0 Å². The maximum absolute atomic E-state index is 11.8. The van der Waals surface area contributed by atoms with Gasteiger partial charge in [-0.3, -0.25) is 4.79 Å². The number of aromatic nitrogens is 1. The molecule has 0 aliphatic heterocycles. The van der Waals surface area contributed by atoms with Crippen LogP contribution in [0.25, 0.3) is 0 Å². The Morgan fingerprint density at radius 1 is 1.53 bits per heavy atom. The van der Waals surface area contributed by atoms with Crippen molar-refractivity contribution >= 4 is 21.6 Å². The lowest BCUT2D eigenvalue weighted by Gasteiger charge is -2.04. The molecule has 0 saturated carbocycles. The highest BCUT2D eigenvalue weighted by molar-refractivity contribution is 7.89. The quantitative estimate of drug-likeness (QED) is 0.813.